The second-order valence-corrected chi connectivity index (χ2v) is 4.15. The number of thiophene rings is 1. The van der Waals surface area contributed by atoms with Gasteiger partial charge in [0.25, 0.3) is 0 Å². The van der Waals surface area contributed by atoms with E-state index < -0.39 is 0 Å². The van der Waals surface area contributed by atoms with Crippen LogP contribution in [0.15, 0.2) is 18.2 Å². The van der Waals surface area contributed by atoms with E-state index in [2.05, 4.69) is 31.2 Å². The summed E-state index contributed by atoms with van der Waals surface area (Å²) >= 11 is 7.37. The van der Waals surface area contributed by atoms with Crippen LogP contribution in [0.25, 0.3) is 10.1 Å². The maximum Gasteiger partial charge on any atom is 0.102 e. The van der Waals surface area contributed by atoms with Gasteiger partial charge >= 0.3 is 0 Å². The van der Waals surface area contributed by atoms with Gasteiger partial charge in [-0.1, -0.05) is 23.2 Å². The molecule has 11 heavy (non-hydrogen) atoms. The van der Waals surface area contributed by atoms with E-state index in [-0.39, 0.29) is 0 Å². The third-order valence-corrected chi connectivity index (χ3v) is 2.75. The van der Waals surface area contributed by atoms with Gasteiger partial charge in [0.15, 0.2) is 0 Å². The Kier molecular flexibility index (Phi) is 1.63. The summed E-state index contributed by atoms with van der Waals surface area (Å²) in [6.07, 6.45) is 0. The Labute approximate surface area is 74.4 Å². The first-order chi connectivity index (χ1) is 5.25. The lowest BCUT2D eigenvalue weighted by atomic mass is 10.2. The minimum atomic E-state index is 0.741. The van der Waals surface area contributed by atoms with Crippen LogP contribution in [0.2, 0.25) is 4.34 Å². The molecule has 0 aliphatic rings. The van der Waals surface area contributed by atoms with Crippen LogP contribution in [0.3, 0.4) is 0 Å². The van der Waals surface area contributed by atoms with E-state index in [9.17, 15) is 0 Å². The first kappa shape index (κ1) is 7.14. The highest BCUT2D eigenvalue weighted by molar-refractivity contribution is 7.22. The number of hydrogen-bond donors (Lipinski definition) is 0. The van der Waals surface area contributed by atoms with E-state index in [1.807, 2.05) is 0 Å². The largest absolute Gasteiger partial charge is 0.123 e. The Balaban J connectivity index is 2.82. The summed E-state index contributed by atoms with van der Waals surface area (Å²) in [6, 6.07) is 9.35. The molecule has 0 unspecified atom stereocenters. The van der Waals surface area contributed by atoms with Gasteiger partial charge in [0.2, 0.25) is 0 Å². The van der Waals surface area contributed by atoms with Gasteiger partial charge < -0.3 is 0 Å². The van der Waals surface area contributed by atoms with Crippen molar-refractivity contribution in [3.63, 3.8) is 0 Å². The maximum absolute atomic E-state index is 5.80. The van der Waals surface area contributed by atoms with Gasteiger partial charge in [-0.15, -0.1) is 11.3 Å². The van der Waals surface area contributed by atoms with E-state index >= 15 is 0 Å². The van der Waals surface area contributed by atoms with Crippen molar-refractivity contribution in [2.24, 2.45) is 0 Å². The average molecular weight is 182 g/mol. The summed E-state index contributed by atoms with van der Waals surface area (Å²) in [5.74, 6) is 0. The molecule has 1 aromatic heterocycles. The van der Waals surface area contributed by atoms with Crippen LogP contribution in [0.1, 0.15) is 5.56 Å². The van der Waals surface area contributed by atoms with Crippen molar-refractivity contribution in [3.05, 3.63) is 34.2 Å². The second kappa shape index (κ2) is 2.50. The minimum absolute atomic E-state index is 0.741. The van der Waals surface area contributed by atoms with E-state index in [1.165, 1.54) is 10.3 Å². The predicted octanol–water partition coefficient (Wildman–Crippen LogP) is 3.66. The summed E-state index contributed by atoms with van der Waals surface area (Å²) < 4.78 is 1.95. The number of aryl methyl sites for hydroxylation is 1. The fraction of sp³-hybridized carbons (Fsp3) is 0.111. The summed E-state index contributed by atoms with van der Waals surface area (Å²) in [5.41, 5.74) is 1.25. The molecule has 55 valence electrons. The average Bonchev–Trinajstić information content (AvgIpc) is 2.27. The van der Waals surface area contributed by atoms with Crippen LogP contribution in [0.4, 0.5) is 0 Å². The van der Waals surface area contributed by atoms with Crippen LogP contribution < -0.4 is 0 Å². The lowest BCUT2D eigenvalue weighted by Gasteiger charge is -1.89. The summed E-state index contributed by atoms with van der Waals surface area (Å²) in [7, 11) is 0. The quantitative estimate of drug-likeness (QED) is 0.582. The first-order valence-electron chi connectivity index (χ1n) is 3.34. The lowest BCUT2D eigenvalue weighted by molar-refractivity contribution is 1.51. The van der Waals surface area contributed by atoms with Gasteiger partial charge in [0.1, 0.15) is 4.34 Å². The molecule has 0 saturated heterocycles. The number of halogens is 1. The minimum Gasteiger partial charge on any atom is -0.123 e. The molecule has 2 rings (SSSR count). The molecule has 0 aliphatic carbocycles. The third-order valence-electron chi connectivity index (χ3n) is 1.57. The molecule has 0 aliphatic heterocycles. The van der Waals surface area contributed by atoms with Gasteiger partial charge in [-0.25, -0.2) is 0 Å². The van der Waals surface area contributed by atoms with Crippen molar-refractivity contribution in [1.29, 1.82) is 0 Å². The highest BCUT2D eigenvalue weighted by Gasteiger charge is 1.98. The fourth-order valence-corrected chi connectivity index (χ4v) is 2.12. The molecule has 0 nitrogen and oxygen atoms in total. The molecule has 0 N–H and O–H groups in total. The molecular formula is C9H6ClS. The zero-order valence-electron chi connectivity index (χ0n) is 6.02. The standard InChI is InChI=1S/C9H6ClS/c1-6-2-3-8-7(4-6)5-9(10)11-8/h2-4H,1H3. The molecule has 0 bridgehead atoms. The molecule has 0 spiro atoms. The zero-order valence-corrected chi connectivity index (χ0v) is 7.59. The monoisotopic (exact) mass is 181 g/mol. The van der Waals surface area contributed by atoms with Crippen molar-refractivity contribution in [2.75, 3.05) is 0 Å². The normalized spacial score (nSPS) is 10.7. The molecular weight excluding hydrogens is 176 g/mol. The SMILES string of the molecule is Cc1ccc2sc(Cl)[c]c2c1. The van der Waals surface area contributed by atoms with Gasteiger partial charge in [-0.05, 0) is 19.1 Å². The molecule has 0 atom stereocenters. The topological polar surface area (TPSA) is 0 Å². The Bertz CT molecular complexity index is 389. The number of fused-ring (bicyclic) bond motifs is 1. The van der Waals surface area contributed by atoms with Crippen molar-refractivity contribution >= 4 is 33.0 Å². The highest BCUT2D eigenvalue weighted by atomic mass is 35.5. The second-order valence-electron chi connectivity index (χ2n) is 2.50. The van der Waals surface area contributed by atoms with Crippen LogP contribution in [0, 0.1) is 13.0 Å². The third kappa shape index (κ3) is 1.26. The van der Waals surface area contributed by atoms with Crippen molar-refractivity contribution in [1.82, 2.24) is 0 Å². The fourth-order valence-electron chi connectivity index (χ4n) is 1.06. The highest BCUT2D eigenvalue weighted by Crippen LogP contribution is 2.28. The molecule has 1 heterocycles. The Hall–Kier alpha value is -0.530. The Morgan fingerprint density at radius 1 is 1.45 bits per heavy atom. The zero-order chi connectivity index (χ0) is 7.84. The molecule has 0 fully saturated rings. The van der Waals surface area contributed by atoms with E-state index in [0.29, 0.717) is 0 Å². The summed E-state index contributed by atoms with van der Waals surface area (Å²) in [4.78, 5) is 0. The van der Waals surface area contributed by atoms with Gasteiger partial charge in [0, 0.05) is 16.2 Å². The predicted molar refractivity (Wildman–Crippen MR) is 50.4 cm³/mol. The molecule has 1 aromatic carbocycles. The number of rotatable bonds is 0. The van der Waals surface area contributed by atoms with Crippen molar-refractivity contribution in [3.8, 4) is 0 Å². The number of hydrogen-bond acceptors (Lipinski definition) is 1. The summed E-state index contributed by atoms with van der Waals surface area (Å²) in [6.45, 7) is 2.07. The van der Waals surface area contributed by atoms with E-state index in [4.69, 9.17) is 11.6 Å². The van der Waals surface area contributed by atoms with Crippen LogP contribution in [-0.2, 0) is 0 Å². The summed E-state index contributed by atoms with van der Waals surface area (Å²) in [5, 5.41) is 1.13. The maximum atomic E-state index is 5.80. The van der Waals surface area contributed by atoms with Gasteiger partial charge in [-0.2, -0.15) is 0 Å². The van der Waals surface area contributed by atoms with Crippen molar-refractivity contribution in [2.45, 2.75) is 6.92 Å². The number of benzene rings is 1. The molecule has 1 radical (unpaired) electrons. The lowest BCUT2D eigenvalue weighted by Crippen LogP contribution is -1.67. The van der Waals surface area contributed by atoms with Crippen LogP contribution >= 0.6 is 22.9 Å². The van der Waals surface area contributed by atoms with Gasteiger partial charge in [0.05, 0.1) is 0 Å². The van der Waals surface area contributed by atoms with Gasteiger partial charge in [-0.3, -0.25) is 0 Å². The van der Waals surface area contributed by atoms with Crippen LogP contribution in [0.5, 0.6) is 0 Å². The Morgan fingerprint density at radius 2 is 2.27 bits per heavy atom. The molecule has 0 amide bonds. The first-order valence-corrected chi connectivity index (χ1v) is 4.53. The smallest absolute Gasteiger partial charge is 0.102 e. The van der Waals surface area contributed by atoms with E-state index in [0.717, 1.165) is 9.72 Å². The van der Waals surface area contributed by atoms with Crippen LogP contribution in [-0.4, -0.2) is 0 Å². The van der Waals surface area contributed by atoms with E-state index in [1.54, 1.807) is 11.3 Å². The Morgan fingerprint density at radius 3 is 3.09 bits per heavy atom. The molecule has 2 heteroatoms. The van der Waals surface area contributed by atoms with Crippen molar-refractivity contribution < 1.29 is 0 Å². The molecule has 0 saturated carbocycles. The molecule has 2 aromatic rings.